The summed E-state index contributed by atoms with van der Waals surface area (Å²) in [5.41, 5.74) is 4.26. The van der Waals surface area contributed by atoms with Gasteiger partial charge in [0.1, 0.15) is 6.67 Å². The van der Waals surface area contributed by atoms with Crippen LogP contribution in [0, 0.1) is 13.5 Å². The Bertz CT molecular complexity index is 504. The minimum absolute atomic E-state index is 0.441. The van der Waals surface area contributed by atoms with Crippen molar-refractivity contribution in [3.63, 3.8) is 0 Å². The lowest BCUT2D eigenvalue weighted by atomic mass is 10.0. The fourth-order valence-electron chi connectivity index (χ4n) is 1.37. The van der Waals surface area contributed by atoms with Crippen LogP contribution in [0.4, 0.5) is 4.39 Å². The Hall–Kier alpha value is -1.88. The monoisotopic (exact) mass is 228 g/mol. The minimum atomic E-state index is -0.441. The highest BCUT2D eigenvalue weighted by molar-refractivity contribution is 5.55. The third-order valence-electron chi connectivity index (χ3n) is 2.78. The Morgan fingerprint density at radius 2 is 2.12 bits per heavy atom. The number of hydrogen-bond donors (Lipinski definition) is 0. The Morgan fingerprint density at radius 3 is 2.71 bits per heavy atom. The molecule has 0 saturated heterocycles. The highest BCUT2D eigenvalue weighted by Gasteiger charge is 1.98. The fourth-order valence-corrected chi connectivity index (χ4v) is 1.37. The largest absolute Gasteiger partial charge is 0.246 e. The van der Waals surface area contributed by atoms with Crippen molar-refractivity contribution in [2.75, 3.05) is 0 Å². The standard InChI is InChI=1S/C15H16FN/c1-11(13(3)17-4)5-7-14-8-6-12(2)15(9-14)10-16/h5-9H,10H2,1-3H3/b7-5+,13-11-/i16-1. The van der Waals surface area contributed by atoms with E-state index in [1.165, 1.54) is 0 Å². The maximum Gasteiger partial charge on any atom is 0.165 e. The molecule has 0 fully saturated rings. The zero-order valence-electron chi connectivity index (χ0n) is 10.4. The van der Waals surface area contributed by atoms with Crippen molar-refractivity contribution in [1.29, 1.82) is 0 Å². The highest BCUT2D eigenvalue weighted by atomic mass is 18.2. The first kappa shape index (κ1) is 13.2. The Kier molecular flexibility index (Phi) is 4.66. The molecule has 1 rings (SSSR count). The summed E-state index contributed by atoms with van der Waals surface area (Å²) in [6, 6.07) is 5.70. The molecule has 0 atom stereocenters. The van der Waals surface area contributed by atoms with E-state index in [1.807, 2.05) is 44.2 Å². The topological polar surface area (TPSA) is 4.36 Å². The van der Waals surface area contributed by atoms with Gasteiger partial charge >= 0.3 is 0 Å². The van der Waals surface area contributed by atoms with E-state index < -0.39 is 6.67 Å². The molecule has 0 aliphatic rings. The number of allylic oxidation sites excluding steroid dienone is 3. The van der Waals surface area contributed by atoms with Crippen molar-refractivity contribution < 1.29 is 4.39 Å². The lowest BCUT2D eigenvalue weighted by molar-refractivity contribution is 0.483. The summed E-state index contributed by atoms with van der Waals surface area (Å²) >= 11 is 0. The Labute approximate surface area is 102 Å². The number of rotatable bonds is 3. The van der Waals surface area contributed by atoms with Crippen LogP contribution in [-0.4, -0.2) is 0 Å². The summed E-state index contributed by atoms with van der Waals surface area (Å²) in [5, 5.41) is 0. The van der Waals surface area contributed by atoms with Crippen LogP contribution in [0.3, 0.4) is 0 Å². The summed E-state index contributed by atoms with van der Waals surface area (Å²) in [7, 11) is 0. The number of hydrogen-bond acceptors (Lipinski definition) is 0. The van der Waals surface area contributed by atoms with Gasteiger partial charge in [0.25, 0.3) is 0 Å². The van der Waals surface area contributed by atoms with Crippen molar-refractivity contribution in [3.8, 4) is 0 Å². The lowest BCUT2D eigenvalue weighted by Crippen LogP contribution is -1.86. The van der Waals surface area contributed by atoms with E-state index in [0.717, 1.165) is 22.3 Å². The van der Waals surface area contributed by atoms with Gasteiger partial charge in [0, 0.05) is 0 Å². The molecule has 1 aromatic carbocycles. The molecule has 0 aliphatic heterocycles. The first-order chi connectivity index (χ1) is 8.08. The van der Waals surface area contributed by atoms with Crippen molar-refractivity contribution in [3.05, 3.63) is 63.7 Å². The van der Waals surface area contributed by atoms with Crippen LogP contribution in [0.1, 0.15) is 30.5 Å². The Balaban J connectivity index is 2.98. The van der Waals surface area contributed by atoms with E-state index in [1.54, 1.807) is 6.92 Å². The molecule has 0 amide bonds. The van der Waals surface area contributed by atoms with Gasteiger partial charge in [-0.3, -0.25) is 0 Å². The maximum atomic E-state index is 12.7. The predicted molar refractivity (Wildman–Crippen MR) is 70.0 cm³/mol. The molecule has 0 heterocycles. The van der Waals surface area contributed by atoms with Gasteiger partial charge in [0.2, 0.25) is 0 Å². The zero-order valence-corrected chi connectivity index (χ0v) is 10.4. The van der Waals surface area contributed by atoms with Gasteiger partial charge in [-0.2, -0.15) is 0 Å². The van der Waals surface area contributed by atoms with Gasteiger partial charge in [0.15, 0.2) is 5.70 Å². The zero-order chi connectivity index (χ0) is 12.8. The molecule has 0 aliphatic carbocycles. The smallest absolute Gasteiger partial charge is 0.165 e. The van der Waals surface area contributed by atoms with E-state index in [2.05, 4.69) is 4.85 Å². The SMILES string of the molecule is [C-]#[N+]/C(C)=C(C)\C=C\c1ccc(C)c(C[18F])c1. The van der Waals surface area contributed by atoms with Crippen molar-refractivity contribution >= 4 is 6.08 Å². The fraction of sp³-hybridized carbons (Fsp3) is 0.267. The molecule has 0 radical (unpaired) electrons. The average molecular weight is 228 g/mol. The van der Waals surface area contributed by atoms with Crippen molar-refractivity contribution in [2.24, 2.45) is 0 Å². The molecule has 88 valence electrons. The summed E-state index contributed by atoms with van der Waals surface area (Å²) in [5.74, 6) is 0. The molecular weight excluding hydrogens is 212 g/mol. The third-order valence-corrected chi connectivity index (χ3v) is 2.78. The Morgan fingerprint density at radius 1 is 1.41 bits per heavy atom. The van der Waals surface area contributed by atoms with Crippen LogP contribution in [0.25, 0.3) is 10.9 Å². The molecule has 17 heavy (non-hydrogen) atoms. The second-order valence-corrected chi connectivity index (χ2v) is 4.03. The molecule has 0 bridgehead atoms. The number of nitrogens with zero attached hydrogens (tertiary/aromatic N) is 1. The third kappa shape index (κ3) is 3.57. The summed E-state index contributed by atoms with van der Waals surface area (Å²) < 4.78 is 12.7. The number of alkyl halides is 1. The summed E-state index contributed by atoms with van der Waals surface area (Å²) in [6.07, 6.45) is 3.79. The lowest BCUT2D eigenvalue weighted by Gasteiger charge is -2.02. The molecule has 0 spiro atoms. The molecule has 1 aromatic rings. The van der Waals surface area contributed by atoms with Crippen LogP contribution in [0.2, 0.25) is 0 Å². The average Bonchev–Trinajstić information content (AvgIpc) is 2.36. The van der Waals surface area contributed by atoms with Crippen molar-refractivity contribution in [2.45, 2.75) is 27.4 Å². The molecule has 1 nitrogen and oxygen atoms in total. The quantitative estimate of drug-likeness (QED) is 0.522. The van der Waals surface area contributed by atoms with Crippen LogP contribution in [-0.2, 0) is 6.67 Å². The van der Waals surface area contributed by atoms with Gasteiger partial charge in [-0.05, 0) is 49.1 Å². The van der Waals surface area contributed by atoms with Crippen LogP contribution in [0.15, 0.2) is 35.5 Å². The van der Waals surface area contributed by atoms with Crippen LogP contribution >= 0.6 is 0 Å². The van der Waals surface area contributed by atoms with Gasteiger partial charge in [-0.1, -0.05) is 24.3 Å². The second-order valence-electron chi connectivity index (χ2n) is 4.03. The van der Waals surface area contributed by atoms with E-state index >= 15 is 0 Å². The minimum Gasteiger partial charge on any atom is -0.246 e. The summed E-state index contributed by atoms with van der Waals surface area (Å²) in [6.45, 7) is 12.0. The number of halogens is 1. The second kappa shape index (κ2) is 6.00. The van der Waals surface area contributed by atoms with Gasteiger partial charge in [0.05, 0.1) is 6.57 Å². The highest BCUT2D eigenvalue weighted by Crippen LogP contribution is 2.15. The van der Waals surface area contributed by atoms with Crippen LogP contribution in [0.5, 0.6) is 0 Å². The number of benzene rings is 1. The van der Waals surface area contributed by atoms with Crippen molar-refractivity contribution in [1.82, 2.24) is 0 Å². The van der Waals surface area contributed by atoms with Gasteiger partial charge in [-0.25, -0.2) is 9.24 Å². The molecule has 0 N–H and O–H groups in total. The van der Waals surface area contributed by atoms with Gasteiger partial charge < -0.3 is 0 Å². The van der Waals surface area contributed by atoms with E-state index in [0.29, 0.717) is 5.70 Å². The predicted octanol–water partition coefficient (Wildman–Crippen LogP) is 4.69. The van der Waals surface area contributed by atoms with E-state index in [-0.39, 0.29) is 0 Å². The van der Waals surface area contributed by atoms with Gasteiger partial charge in [-0.15, -0.1) is 0 Å². The molecule has 0 saturated carbocycles. The normalized spacial score (nSPS) is 12.4. The van der Waals surface area contributed by atoms with E-state index in [4.69, 9.17) is 6.57 Å². The molecular formula is C15H16FN. The molecule has 2 heteroatoms. The van der Waals surface area contributed by atoms with E-state index in [9.17, 15) is 4.39 Å². The van der Waals surface area contributed by atoms with Crippen LogP contribution < -0.4 is 0 Å². The molecule has 0 aromatic heterocycles. The molecule has 0 unspecified atom stereocenters. The first-order valence-corrected chi connectivity index (χ1v) is 5.47. The summed E-state index contributed by atoms with van der Waals surface area (Å²) in [4.78, 5) is 3.37. The number of aryl methyl sites for hydroxylation is 1. The first-order valence-electron chi connectivity index (χ1n) is 5.47. The maximum absolute atomic E-state index is 12.7.